The maximum Gasteiger partial charge on any atom is 0.394 e. The van der Waals surface area contributed by atoms with Gasteiger partial charge in [-0.05, 0) is 0 Å². The van der Waals surface area contributed by atoms with Crippen LogP contribution < -0.4 is 5.73 Å². The molecule has 0 saturated heterocycles. The van der Waals surface area contributed by atoms with Crippen LogP contribution in [-0.2, 0) is 15.2 Å². The second kappa shape index (κ2) is 4.26. The lowest BCUT2D eigenvalue weighted by Gasteiger charge is -2.01. The number of hydrogen-bond acceptors (Lipinski definition) is 7. The van der Waals surface area contributed by atoms with Crippen molar-refractivity contribution < 1.29 is 22.3 Å². The summed E-state index contributed by atoms with van der Waals surface area (Å²) in [4.78, 5) is 25.4. The zero-order chi connectivity index (χ0) is 12.3. The first-order valence-corrected chi connectivity index (χ1v) is 4.95. The molecule has 11 heteroatoms. The Morgan fingerprint density at radius 3 is 2.38 bits per heavy atom. The van der Waals surface area contributed by atoms with Gasteiger partial charge in [-0.2, -0.15) is 18.4 Å². The molecule has 0 aromatic carbocycles. The maximum absolute atomic E-state index is 10.9. The van der Waals surface area contributed by atoms with Crippen molar-refractivity contribution in [3.63, 3.8) is 0 Å². The van der Waals surface area contributed by atoms with Crippen LogP contribution in [0.25, 0.3) is 0 Å². The molecule has 0 saturated carbocycles. The number of aliphatic imine (C=N–C) groups is 4. The van der Waals surface area contributed by atoms with Crippen molar-refractivity contribution in [2.45, 2.75) is 0 Å². The fourth-order valence-electron chi connectivity index (χ4n) is 0.783. The smallest absolute Gasteiger partial charge is 0.368 e. The molecule has 0 fully saturated rings. The number of hydrogen-bond donors (Lipinski definition) is 3. The molecule has 0 bridgehead atoms. The summed E-state index contributed by atoms with van der Waals surface area (Å²) in [7, 11) is -4.67. The predicted octanol–water partition coefficient (Wildman–Crippen LogP) is -1.93. The highest BCUT2D eigenvalue weighted by Gasteiger charge is 2.24. The SMILES string of the molecule is NC1=NC(=O)C2=NC=NC2=N1.O=S(=O)(O)O. The number of amidine groups is 1. The molecule has 2 aliphatic rings. The molecule has 2 aliphatic heterocycles. The Hall–Kier alpha value is -1.98. The number of amides is 1. The Bertz CT molecular complexity index is 534. The molecule has 0 aromatic rings. The van der Waals surface area contributed by atoms with Gasteiger partial charge in [-0.3, -0.25) is 13.9 Å². The molecule has 0 unspecified atom stereocenters. The molecule has 0 aromatic heterocycles. The third-order valence-electron chi connectivity index (χ3n) is 1.22. The van der Waals surface area contributed by atoms with Gasteiger partial charge in [-0.1, -0.05) is 0 Å². The predicted molar refractivity (Wildman–Crippen MR) is 54.2 cm³/mol. The quantitative estimate of drug-likeness (QED) is 0.421. The number of nitrogens with zero attached hydrogens (tertiary/aromatic N) is 4. The molecule has 2 rings (SSSR count). The number of carbonyl (C=O) groups is 1. The number of carbonyl (C=O) groups excluding carboxylic acids is 1. The van der Waals surface area contributed by atoms with Gasteiger partial charge in [0.15, 0.2) is 11.5 Å². The highest BCUT2D eigenvalue weighted by Crippen LogP contribution is 2.01. The van der Waals surface area contributed by atoms with Crippen LogP contribution >= 0.6 is 0 Å². The summed E-state index contributed by atoms with van der Waals surface area (Å²) < 4.78 is 31.6. The topological polar surface area (TPSA) is 167 Å². The fourth-order valence-corrected chi connectivity index (χ4v) is 0.783. The van der Waals surface area contributed by atoms with Gasteiger partial charge in [-0.25, -0.2) is 9.98 Å². The van der Waals surface area contributed by atoms with E-state index in [1.165, 1.54) is 6.34 Å². The molecule has 1 amide bonds. The molecule has 4 N–H and O–H groups in total. The van der Waals surface area contributed by atoms with Crippen LogP contribution in [0.1, 0.15) is 0 Å². The van der Waals surface area contributed by atoms with Gasteiger partial charge >= 0.3 is 16.3 Å². The number of guanidine groups is 1. The van der Waals surface area contributed by atoms with Crippen molar-refractivity contribution in [3.8, 4) is 0 Å². The van der Waals surface area contributed by atoms with E-state index in [1.54, 1.807) is 0 Å². The molecular weight excluding hydrogens is 242 g/mol. The first-order chi connectivity index (χ1) is 7.27. The Morgan fingerprint density at radius 1 is 1.25 bits per heavy atom. The standard InChI is InChI=1S/C5H3N5O.H2O4S/c6-5-9-3-2(4(11)10-5)7-1-8-3;1-5(2,3)4/h1H,(H2,6,10,11);(H2,1,2,3,4). The molecule has 0 atom stereocenters. The van der Waals surface area contributed by atoms with E-state index in [0.29, 0.717) is 0 Å². The Morgan fingerprint density at radius 2 is 1.81 bits per heavy atom. The van der Waals surface area contributed by atoms with Crippen LogP contribution in [0.2, 0.25) is 0 Å². The van der Waals surface area contributed by atoms with E-state index in [4.69, 9.17) is 23.3 Å². The van der Waals surface area contributed by atoms with Gasteiger partial charge in [0.2, 0.25) is 5.96 Å². The minimum atomic E-state index is -4.67. The van der Waals surface area contributed by atoms with Crippen molar-refractivity contribution in [1.29, 1.82) is 0 Å². The number of nitrogens with two attached hydrogens (primary N) is 1. The molecule has 0 radical (unpaired) electrons. The van der Waals surface area contributed by atoms with Gasteiger partial charge in [0.25, 0.3) is 0 Å². The molecule has 0 spiro atoms. The van der Waals surface area contributed by atoms with Crippen molar-refractivity contribution in [2.75, 3.05) is 0 Å². The first-order valence-electron chi connectivity index (χ1n) is 3.55. The number of fused-ring (bicyclic) bond motifs is 1. The van der Waals surface area contributed by atoms with Crippen LogP contribution in [0.5, 0.6) is 0 Å². The van der Waals surface area contributed by atoms with Crippen LogP contribution in [0, 0.1) is 0 Å². The Balaban J connectivity index is 0.000000221. The summed E-state index contributed by atoms with van der Waals surface area (Å²) in [6.07, 6.45) is 1.25. The Labute approximate surface area is 88.9 Å². The maximum atomic E-state index is 10.9. The van der Waals surface area contributed by atoms with Gasteiger partial charge < -0.3 is 5.73 Å². The third-order valence-corrected chi connectivity index (χ3v) is 1.22. The van der Waals surface area contributed by atoms with Crippen molar-refractivity contribution in [3.05, 3.63) is 0 Å². The van der Waals surface area contributed by atoms with Gasteiger partial charge in [0.05, 0.1) is 0 Å². The van der Waals surface area contributed by atoms with Crippen LogP contribution in [-0.4, -0.2) is 47.3 Å². The lowest BCUT2D eigenvalue weighted by molar-refractivity contribution is -0.111. The molecular formula is C5H5N5O5S. The lowest BCUT2D eigenvalue weighted by Crippen LogP contribution is -2.28. The second-order valence-corrected chi connectivity index (χ2v) is 3.28. The minimum absolute atomic E-state index is 0.0667. The summed E-state index contributed by atoms with van der Waals surface area (Å²) in [5, 5.41) is 0. The molecule has 10 nitrogen and oxygen atoms in total. The van der Waals surface area contributed by atoms with Gasteiger partial charge in [0.1, 0.15) is 6.34 Å². The summed E-state index contributed by atoms with van der Waals surface area (Å²) in [6, 6.07) is 0. The van der Waals surface area contributed by atoms with Crippen LogP contribution in [0.4, 0.5) is 0 Å². The van der Waals surface area contributed by atoms with Crippen molar-refractivity contribution in [1.82, 2.24) is 0 Å². The number of rotatable bonds is 0. The summed E-state index contributed by atoms with van der Waals surface area (Å²) >= 11 is 0. The summed E-state index contributed by atoms with van der Waals surface area (Å²) in [6.45, 7) is 0. The zero-order valence-corrected chi connectivity index (χ0v) is 8.29. The van der Waals surface area contributed by atoms with Crippen LogP contribution in [0.15, 0.2) is 20.0 Å². The normalized spacial score (nSPS) is 17.9. The molecule has 2 heterocycles. The largest absolute Gasteiger partial charge is 0.394 e. The summed E-state index contributed by atoms with van der Waals surface area (Å²) in [5.74, 6) is -0.296. The van der Waals surface area contributed by atoms with E-state index in [2.05, 4.69) is 20.0 Å². The van der Waals surface area contributed by atoms with E-state index < -0.39 is 16.3 Å². The van der Waals surface area contributed by atoms with E-state index in [1.807, 2.05) is 0 Å². The first kappa shape index (κ1) is 12.1. The third kappa shape index (κ3) is 3.64. The van der Waals surface area contributed by atoms with Crippen molar-refractivity contribution in [2.24, 2.45) is 25.7 Å². The Kier molecular flexibility index (Phi) is 3.22. The lowest BCUT2D eigenvalue weighted by atomic mass is 10.3. The van der Waals surface area contributed by atoms with Crippen molar-refractivity contribution >= 4 is 40.2 Å². The highest BCUT2D eigenvalue weighted by molar-refractivity contribution is 7.79. The van der Waals surface area contributed by atoms with Gasteiger partial charge in [0, 0.05) is 0 Å². The van der Waals surface area contributed by atoms with Crippen LogP contribution in [0.3, 0.4) is 0 Å². The second-order valence-electron chi connectivity index (χ2n) is 2.38. The van der Waals surface area contributed by atoms with E-state index >= 15 is 0 Å². The zero-order valence-electron chi connectivity index (χ0n) is 7.47. The van der Waals surface area contributed by atoms with E-state index in [0.717, 1.165) is 0 Å². The van der Waals surface area contributed by atoms with E-state index in [9.17, 15) is 4.79 Å². The fraction of sp³-hybridized carbons (Fsp3) is 0. The minimum Gasteiger partial charge on any atom is -0.368 e. The monoisotopic (exact) mass is 247 g/mol. The average molecular weight is 247 g/mol. The average Bonchev–Trinajstić information content (AvgIpc) is 2.47. The van der Waals surface area contributed by atoms with Gasteiger partial charge in [-0.15, -0.1) is 0 Å². The summed E-state index contributed by atoms with van der Waals surface area (Å²) in [5.41, 5.74) is 5.36. The highest BCUT2D eigenvalue weighted by atomic mass is 32.3. The van der Waals surface area contributed by atoms with E-state index in [-0.39, 0.29) is 17.5 Å². The molecule has 0 aliphatic carbocycles. The molecule has 86 valence electrons. The molecule has 16 heavy (non-hydrogen) atoms.